The number of nitrogens with zero attached hydrogens (tertiary/aromatic N) is 1. The number of nitrogens with two attached hydrogens (primary N) is 1. The van der Waals surface area contributed by atoms with E-state index in [1.54, 1.807) is 21.3 Å². The molecule has 2 N–H and O–H groups in total. The van der Waals surface area contributed by atoms with E-state index in [-0.39, 0.29) is 0 Å². The van der Waals surface area contributed by atoms with Gasteiger partial charge in [0.15, 0.2) is 16.6 Å². The smallest absolute Gasteiger partial charge is 0.203 e. The Morgan fingerprint density at radius 2 is 1.56 bits per heavy atom. The maximum absolute atomic E-state index is 6.02. The average Bonchev–Trinajstić information content (AvgIpc) is 3.09. The number of rotatable bonds is 7. The van der Waals surface area contributed by atoms with Gasteiger partial charge in [0.1, 0.15) is 5.75 Å². The van der Waals surface area contributed by atoms with E-state index in [4.69, 9.17) is 24.7 Å². The molecule has 0 radical (unpaired) electrons. The largest absolute Gasteiger partial charge is 0.494 e. The molecule has 3 aromatic rings. The number of hydrogen-bond acceptors (Lipinski definition) is 7. The van der Waals surface area contributed by atoms with E-state index in [2.05, 4.69) is 4.98 Å². The highest BCUT2D eigenvalue weighted by Crippen LogP contribution is 2.45. The summed E-state index contributed by atoms with van der Waals surface area (Å²) in [7, 11) is 4.76. The van der Waals surface area contributed by atoms with Crippen molar-refractivity contribution in [2.75, 3.05) is 33.7 Å². The second-order valence-corrected chi connectivity index (χ2v) is 6.63. The molecule has 0 fully saturated rings. The van der Waals surface area contributed by atoms with Crippen LogP contribution in [0.2, 0.25) is 0 Å². The van der Waals surface area contributed by atoms with Crippen molar-refractivity contribution in [2.45, 2.75) is 6.92 Å². The number of benzene rings is 2. The lowest BCUT2D eigenvalue weighted by atomic mass is 10.1. The summed E-state index contributed by atoms with van der Waals surface area (Å²) < 4.78 is 21.9. The van der Waals surface area contributed by atoms with E-state index >= 15 is 0 Å². The van der Waals surface area contributed by atoms with Gasteiger partial charge in [-0.2, -0.15) is 0 Å². The van der Waals surface area contributed by atoms with Crippen molar-refractivity contribution in [3.63, 3.8) is 0 Å². The Morgan fingerprint density at radius 3 is 2.07 bits per heavy atom. The van der Waals surface area contributed by atoms with Crippen molar-refractivity contribution in [2.24, 2.45) is 0 Å². The van der Waals surface area contributed by atoms with Gasteiger partial charge in [-0.15, -0.1) is 0 Å². The molecular formula is C20H22N2O4S. The van der Waals surface area contributed by atoms with Crippen LogP contribution in [0.25, 0.3) is 21.7 Å². The maximum atomic E-state index is 6.02. The second kappa shape index (κ2) is 8.18. The molecular weight excluding hydrogens is 364 g/mol. The standard InChI is InChI=1S/C20H22N2O4S/c1-5-26-14-8-6-12(7-9-14)17-19(27-20(21)22-17)13-10-15(23-2)18(25-4)16(11-13)24-3/h6-11H,5H2,1-4H3,(H2,21,22). The molecule has 0 atom stereocenters. The molecule has 7 heteroatoms. The van der Waals surface area contributed by atoms with Gasteiger partial charge in [-0.3, -0.25) is 0 Å². The Hall–Kier alpha value is -2.93. The van der Waals surface area contributed by atoms with Crippen molar-refractivity contribution in [1.82, 2.24) is 4.98 Å². The summed E-state index contributed by atoms with van der Waals surface area (Å²) in [4.78, 5) is 5.46. The summed E-state index contributed by atoms with van der Waals surface area (Å²) in [6, 6.07) is 11.6. The van der Waals surface area contributed by atoms with Gasteiger partial charge in [0.25, 0.3) is 0 Å². The zero-order valence-corrected chi connectivity index (χ0v) is 16.6. The number of thiazole rings is 1. The van der Waals surface area contributed by atoms with Gasteiger partial charge in [0, 0.05) is 11.1 Å². The van der Waals surface area contributed by atoms with Crippen molar-refractivity contribution in [3.8, 4) is 44.7 Å². The normalized spacial score (nSPS) is 10.5. The Kier molecular flexibility index (Phi) is 5.71. The fraction of sp³-hybridized carbons (Fsp3) is 0.250. The summed E-state index contributed by atoms with van der Waals surface area (Å²) in [5.74, 6) is 2.52. The first-order valence-electron chi connectivity index (χ1n) is 8.41. The van der Waals surface area contributed by atoms with E-state index in [0.29, 0.717) is 29.0 Å². The lowest BCUT2D eigenvalue weighted by Crippen LogP contribution is -1.95. The highest BCUT2D eigenvalue weighted by Gasteiger charge is 2.19. The van der Waals surface area contributed by atoms with Crippen LogP contribution in [-0.2, 0) is 0 Å². The molecule has 0 unspecified atom stereocenters. The van der Waals surface area contributed by atoms with Gasteiger partial charge < -0.3 is 24.7 Å². The molecule has 27 heavy (non-hydrogen) atoms. The molecule has 0 saturated heterocycles. The van der Waals surface area contributed by atoms with Gasteiger partial charge in [0.2, 0.25) is 5.75 Å². The molecule has 142 valence electrons. The molecule has 1 heterocycles. The van der Waals surface area contributed by atoms with E-state index in [1.807, 2.05) is 43.3 Å². The zero-order chi connectivity index (χ0) is 19.4. The predicted octanol–water partition coefficient (Wildman–Crippen LogP) is 4.48. The molecule has 0 saturated carbocycles. The van der Waals surface area contributed by atoms with Crippen LogP contribution in [-0.4, -0.2) is 32.9 Å². The van der Waals surface area contributed by atoms with Crippen molar-refractivity contribution in [3.05, 3.63) is 36.4 Å². The molecule has 6 nitrogen and oxygen atoms in total. The van der Waals surface area contributed by atoms with Crippen LogP contribution in [0.5, 0.6) is 23.0 Å². The lowest BCUT2D eigenvalue weighted by Gasteiger charge is -2.14. The first kappa shape index (κ1) is 18.8. The van der Waals surface area contributed by atoms with E-state index in [9.17, 15) is 0 Å². The SMILES string of the molecule is CCOc1ccc(-c2nc(N)sc2-c2cc(OC)c(OC)c(OC)c2)cc1. The van der Waals surface area contributed by atoms with Gasteiger partial charge in [-0.1, -0.05) is 11.3 Å². The summed E-state index contributed by atoms with van der Waals surface area (Å²) in [5, 5.41) is 0.489. The van der Waals surface area contributed by atoms with Gasteiger partial charge in [-0.25, -0.2) is 4.98 Å². The van der Waals surface area contributed by atoms with Gasteiger partial charge in [0.05, 0.1) is 38.5 Å². The summed E-state index contributed by atoms with van der Waals surface area (Å²) in [6.07, 6.45) is 0. The first-order chi connectivity index (χ1) is 13.1. The monoisotopic (exact) mass is 386 g/mol. The summed E-state index contributed by atoms with van der Waals surface area (Å²) in [6.45, 7) is 2.58. The fourth-order valence-corrected chi connectivity index (χ4v) is 3.66. The highest BCUT2D eigenvalue weighted by atomic mass is 32.1. The molecule has 1 aromatic heterocycles. The van der Waals surface area contributed by atoms with Crippen LogP contribution in [0, 0.1) is 0 Å². The fourth-order valence-electron chi connectivity index (χ4n) is 2.82. The van der Waals surface area contributed by atoms with Crippen LogP contribution in [0.4, 0.5) is 5.13 Å². The first-order valence-corrected chi connectivity index (χ1v) is 9.22. The number of hydrogen-bond donors (Lipinski definition) is 1. The maximum Gasteiger partial charge on any atom is 0.203 e. The number of aromatic nitrogens is 1. The number of nitrogen functional groups attached to an aromatic ring is 1. The minimum Gasteiger partial charge on any atom is -0.494 e. The topological polar surface area (TPSA) is 75.8 Å². The molecule has 2 aromatic carbocycles. The van der Waals surface area contributed by atoms with Crippen molar-refractivity contribution in [1.29, 1.82) is 0 Å². The Bertz CT molecular complexity index is 897. The van der Waals surface area contributed by atoms with Crippen LogP contribution in [0.15, 0.2) is 36.4 Å². The number of methoxy groups -OCH3 is 3. The molecule has 0 spiro atoms. The molecule has 0 aliphatic rings. The molecule has 0 bridgehead atoms. The molecule has 0 amide bonds. The minimum atomic E-state index is 0.489. The van der Waals surface area contributed by atoms with Crippen LogP contribution < -0.4 is 24.7 Å². The summed E-state index contributed by atoms with van der Waals surface area (Å²) in [5.41, 5.74) is 8.67. The second-order valence-electron chi connectivity index (χ2n) is 5.60. The number of anilines is 1. The lowest BCUT2D eigenvalue weighted by molar-refractivity contribution is 0.324. The van der Waals surface area contributed by atoms with Gasteiger partial charge in [-0.05, 0) is 43.3 Å². The third-order valence-electron chi connectivity index (χ3n) is 4.01. The minimum absolute atomic E-state index is 0.489. The van der Waals surface area contributed by atoms with E-state index in [1.165, 1.54) is 11.3 Å². The van der Waals surface area contributed by atoms with Crippen LogP contribution in [0.3, 0.4) is 0 Å². The third kappa shape index (κ3) is 3.78. The Morgan fingerprint density at radius 1 is 0.926 bits per heavy atom. The average molecular weight is 386 g/mol. The Labute approximate surface area is 162 Å². The molecule has 0 aliphatic carbocycles. The zero-order valence-electron chi connectivity index (χ0n) is 15.7. The quantitative estimate of drug-likeness (QED) is 0.645. The van der Waals surface area contributed by atoms with Crippen molar-refractivity contribution < 1.29 is 18.9 Å². The van der Waals surface area contributed by atoms with Crippen LogP contribution >= 0.6 is 11.3 Å². The molecule has 3 rings (SSSR count). The van der Waals surface area contributed by atoms with E-state index < -0.39 is 0 Å². The summed E-state index contributed by atoms with van der Waals surface area (Å²) >= 11 is 1.41. The van der Waals surface area contributed by atoms with Gasteiger partial charge >= 0.3 is 0 Å². The van der Waals surface area contributed by atoms with Crippen molar-refractivity contribution >= 4 is 16.5 Å². The molecule has 0 aliphatic heterocycles. The highest BCUT2D eigenvalue weighted by molar-refractivity contribution is 7.19. The predicted molar refractivity (Wildman–Crippen MR) is 108 cm³/mol. The van der Waals surface area contributed by atoms with Crippen LogP contribution in [0.1, 0.15) is 6.92 Å². The number of ether oxygens (including phenoxy) is 4. The third-order valence-corrected chi connectivity index (χ3v) is 4.94. The Balaban J connectivity index is 2.11. The van der Waals surface area contributed by atoms with E-state index in [0.717, 1.165) is 27.4 Å².